The Kier molecular flexibility index (Phi) is 3.56. The van der Waals surface area contributed by atoms with E-state index in [1.54, 1.807) is 0 Å². The monoisotopic (exact) mass is 304 g/mol. The zero-order valence-electron chi connectivity index (χ0n) is 11.8. The first-order valence-electron chi connectivity index (χ1n) is 7.07. The second kappa shape index (κ2) is 5.09. The van der Waals surface area contributed by atoms with E-state index in [-0.39, 0.29) is 5.41 Å². The molecule has 2 atom stereocenters. The van der Waals surface area contributed by atoms with Gasteiger partial charge in [0, 0.05) is 5.41 Å². The molecule has 2 aromatic carbocycles. The van der Waals surface area contributed by atoms with Gasteiger partial charge in [-0.15, -0.1) is 0 Å². The summed E-state index contributed by atoms with van der Waals surface area (Å²) in [5.74, 6) is 0.627. The number of benzene rings is 2. The fourth-order valence-corrected chi connectivity index (χ4v) is 3.66. The molecule has 0 saturated heterocycles. The van der Waals surface area contributed by atoms with Crippen molar-refractivity contribution in [1.29, 1.82) is 0 Å². The molecule has 0 amide bonds. The summed E-state index contributed by atoms with van der Waals surface area (Å²) in [5, 5.41) is 1.26. The highest BCUT2D eigenvalue weighted by molar-refractivity contribution is 6.42. The Morgan fingerprint density at radius 3 is 2.55 bits per heavy atom. The fourth-order valence-electron chi connectivity index (χ4n) is 3.36. The number of rotatable bonds is 1. The van der Waals surface area contributed by atoms with E-state index >= 15 is 0 Å². The van der Waals surface area contributed by atoms with E-state index in [1.165, 1.54) is 23.1 Å². The van der Waals surface area contributed by atoms with E-state index in [0.717, 1.165) is 6.42 Å². The van der Waals surface area contributed by atoms with Gasteiger partial charge in [-0.1, -0.05) is 67.4 Å². The average Bonchev–Trinajstić information content (AvgIpc) is 2.46. The first-order chi connectivity index (χ1) is 9.52. The Labute approximate surface area is 130 Å². The highest BCUT2D eigenvalue weighted by Crippen LogP contribution is 2.47. The predicted octanol–water partition coefficient (Wildman–Crippen LogP) is 6.20. The third-order valence-electron chi connectivity index (χ3n) is 4.72. The van der Waals surface area contributed by atoms with Gasteiger partial charge in [0.2, 0.25) is 0 Å². The largest absolute Gasteiger partial charge is 0.0827 e. The second-order valence-electron chi connectivity index (χ2n) is 5.99. The molecule has 0 aliphatic heterocycles. The van der Waals surface area contributed by atoms with Crippen LogP contribution in [0.4, 0.5) is 0 Å². The molecule has 104 valence electrons. The molecule has 0 spiro atoms. The van der Waals surface area contributed by atoms with Crippen LogP contribution in [0.3, 0.4) is 0 Å². The molecule has 0 N–H and O–H groups in total. The lowest BCUT2D eigenvalue weighted by atomic mass is 9.65. The Morgan fingerprint density at radius 2 is 1.80 bits per heavy atom. The highest BCUT2D eigenvalue weighted by Gasteiger charge is 2.36. The van der Waals surface area contributed by atoms with Crippen molar-refractivity contribution < 1.29 is 0 Å². The quantitative estimate of drug-likeness (QED) is 0.588. The van der Waals surface area contributed by atoms with E-state index in [2.05, 4.69) is 44.2 Å². The molecule has 0 aromatic heterocycles. The smallest absolute Gasteiger partial charge is 0.0595 e. The summed E-state index contributed by atoms with van der Waals surface area (Å²) < 4.78 is 0. The fraction of sp³-hybridized carbons (Fsp3) is 0.333. The van der Waals surface area contributed by atoms with Crippen LogP contribution in [0.15, 0.2) is 42.5 Å². The van der Waals surface area contributed by atoms with E-state index in [9.17, 15) is 0 Å². The minimum atomic E-state index is 0.0251. The van der Waals surface area contributed by atoms with Gasteiger partial charge in [-0.25, -0.2) is 0 Å². The Balaban J connectivity index is 2.17. The third kappa shape index (κ3) is 2.16. The Hall–Kier alpha value is -0.980. The van der Waals surface area contributed by atoms with Crippen LogP contribution < -0.4 is 0 Å². The summed E-state index contributed by atoms with van der Waals surface area (Å²) >= 11 is 12.3. The lowest BCUT2D eigenvalue weighted by molar-refractivity contribution is 0.430. The van der Waals surface area contributed by atoms with Gasteiger partial charge in [-0.2, -0.15) is 0 Å². The topological polar surface area (TPSA) is 0 Å². The molecule has 0 nitrogen and oxygen atoms in total. The van der Waals surface area contributed by atoms with Gasteiger partial charge in [0.25, 0.3) is 0 Å². The summed E-state index contributed by atoms with van der Waals surface area (Å²) in [6.45, 7) is 4.63. The minimum Gasteiger partial charge on any atom is -0.0827 e. The summed E-state index contributed by atoms with van der Waals surface area (Å²) in [6, 6.07) is 14.8. The molecule has 1 aliphatic rings. The van der Waals surface area contributed by atoms with Crippen LogP contribution >= 0.6 is 23.2 Å². The van der Waals surface area contributed by atoms with Gasteiger partial charge in [0.05, 0.1) is 10.0 Å². The second-order valence-corrected chi connectivity index (χ2v) is 6.80. The molecule has 0 fully saturated rings. The third-order valence-corrected chi connectivity index (χ3v) is 5.46. The first-order valence-corrected chi connectivity index (χ1v) is 7.83. The van der Waals surface area contributed by atoms with Crippen molar-refractivity contribution in [1.82, 2.24) is 0 Å². The van der Waals surface area contributed by atoms with Crippen molar-refractivity contribution in [3.05, 3.63) is 69.2 Å². The van der Waals surface area contributed by atoms with Crippen LogP contribution in [0.1, 0.15) is 49.3 Å². The van der Waals surface area contributed by atoms with Gasteiger partial charge < -0.3 is 0 Å². The van der Waals surface area contributed by atoms with Crippen LogP contribution in [0.5, 0.6) is 0 Å². The number of halogens is 2. The standard InChI is InChI=1S/C18H18Cl2/c1-12-9-10-18(2,15-6-4-3-5-14(12)15)13-7-8-16(19)17(20)11-13/h3-8,11-12H,9-10H2,1-2H3/t12-,18?/m0/s1. The first kappa shape index (κ1) is 14.0. The average molecular weight is 305 g/mol. The van der Waals surface area contributed by atoms with E-state index in [4.69, 9.17) is 23.2 Å². The Morgan fingerprint density at radius 1 is 1.05 bits per heavy atom. The van der Waals surface area contributed by atoms with Crippen LogP contribution in [-0.2, 0) is 5.41 Å². The summed E-state index contributed by atoms with van der Waals surface area (Å²) in [6.07, 6.45) is 2.34. The van der Waals surface area contributed by atoms with Gasteiger partial charge >= 0.3 is 0 Å². The van der Waals surface area contributed by atoms with Gasteiger partial charge in [0.15, 0.2) is 0 Å². The van der Waals surface area contributed by atoms with Crippen molar-refractivity contribution in [2.45, 2.75) is 38.0 Å². The molecule has 3 rings (SSSR count). The van der Waals surface area contributed by atoms with Gasteiger partial charge in [-0.05, 0) is 47.6 Å². The summed E-state index contributed by atoms with van der Waals surface area (Å²) in [5.41, 5.74) is 4.17. The van der Waals surface area contributed by atoms with Crippen molar-refractivity contribution in [2.75, 3.05) is 0 Å². The molecule has 1 aliphatic carbocycles. The maximum atomic E-state index is 6.22. The van der Waals surface area contributed by atoms with Gasteiger partial charge in [-0.3, -0.25) is 0 Å². The van der Waals surface area contributed by atoms with Crippen LogP contribution in [0.2, 0.25) is 10.0 Å². The molecule has 0 radical (unpaired) electrons. The Bertz CT molecular complexity index is 648. The molecular weight excluding hydrogens is 287 g/mol. The van der Waals surface area contributed by atoms with E-state index in [1.807, 2.05) is 12.1 Å². The molecule has 0 bridgehead atoms. The van der Waals surface area contributed by atoms with E-state index in [0.29, 0.717) is 16.0 Å². The number of hydrogen-bond acceptors (Lipinski definition) is 0. The number of hydrogen-bond donors (Lipinski definition) is 0. The van der Waals surface area contributed by atoms with Crippen LogP contribution in [-0.4, -0.2) is 0 Å². The van der Waals surface area contributed by atoms with Crippen molar-refractivity contribution in [2.24, 2.45) is 0 Å². The number of fused-ring (bicyclic) bond motifs is 1. The molecule has 1 unspecified atom stereocenters. The van der Waals surface area contributed by atoms with Crippen molar-refractivity contribution in [3.8, 4) is 0 Å². The zero-order chi connectivity index (χ0) is 14.3. The zero-order valence-corrected chi connectivity index (χ0v) is 13.3. The lowest BCUT2D eigenvalue weighted by Gasteiger charge is -2.39. The van der Waals surface area contributed by atoms with Crippen LogP contribution in [0.25, 0.3) is 0 Å². The lowest BCUT2D eigenvalue weighted by Crippen LogP contribution is -2.30. The molecule has 2 heteroatoms. The summed E-state index contributed by atoms with van der Waals surface area (Å²) in [4.78, 5) is 0. The molecule has 0 heterocycles. The normalized spacial score (nSPS) is 25.3. The highest BCUT2D eigenvalue weighted by atomic mass is 35.5. The molecule has 2 aromatic rings. The SMILES string of the molecule is C[C@H]1CCC(C)(c2ccc(Cl)c(Cl)c2)c2ccccc21. The van der Waals surface area contributed by atoms with E-state index < -0.39 is 0 Å². The predicted molar refractivity (Wildman–Crippen MR) is 87.0 cm³/mol. The maximum absolute atomic E-state index is 6.22. The van der Waals surface area contributed by atoms with Crippen molar-refractivity contribution >= 4 is 23.2 Å². The van der Waals surface area contributed by atoms with Crippen molar-refractivity contribution in [3.63, 3.8) is 0 Å². The summed E-state index contributed by atoms with van der Waals surface area (Å²) in [7, 11) is 0. The van der Waals surface area contributed by atoms with Gasteiger partial charge in [0.1, 0.15) is 0 Å². The maximum Gasteiger partial charge on any atom is 0.0595 e. The molecular formula is C18H18Cl2. The minimum absolute atomic E-state index is 0.0251. The van der Waals surface area contributed by atoms with Crippen LogP contribution in [0, 0.1) is 0 Å². The molecule has 20 heavy (non-hydrogen) atoms. The molecule has 0 saturated carbocycles.